The van der Waals surface area contributed by atoms with E-state index in [1.807, 2.05) is 11.6 Å². The third kappa shape index (κ3) is 1.60. The summed E-state index contributed by atoms with van der Waals surface area (Å²) in [5.74, 6) is 0.354. The first-order chi connectivity index (χ1) is 4.72. The smallest absolute Gasteiger partial charge is 0.250 e. The lowest BCUT2D eigenvalue weighted by Gasteiger charge is -2.18. The fraction of sp³-hybridized carbons (Fsp3) is 0.400. The molecule has 1 aliphatic rings. The predicted molar refractivity (Wildman–Crippen MR) is 45.4 cm³/mol. The first-order valence-corrected chi connectivity index (χ1v) is 4.30. The first kappa shape index (κ1) is 7.81. The van der Waals surface area contributed by atoms with Gasteiger partial charge in [-0.05, 0) is 5.41 Å². The van der Waals surface area contributed by atoms with Crippen LogP contribution in [0.15, 0.2) is 11.6 Å². The molecule has 0 aromatic rings. The molecule has 1 heterocycles. The van der Waals surface area contributed by atoms with Crippen LogP contribution in [0.1, 0.15) is 0 Å². The molecule has 1 amide bonds. The Bertz CT molecular complexity index is 171. The molecular weight excluding hydrogens is 168 g/mol. The average Bonchev–Trinajstić information content (AvgIpc) is 2.36. The quantitative estimate of drug-likeness (QED) is 0.591. The van der Waals surface area contributed by atoms with Gasteiger partial charge < -0.3 is 10.6 Å². The molecule has 0 radical (unpaired) electrons. The minimum atomic E-state index is -0.480. The van der Waals surface area contributed by atoms with Crippen LogP contribution >= 0.6 is 24.4 Å². The fourth-order valence-electron chi connectivity index (χ4n) is 0.609. The summed E-state index contributed by atoms with van der Waals surface area (Å²) in [7, 11) is 0. The molecule has 2 N–H and O–H groups in total. The number of thiol groups is 1. The number of primary amides is 1. The molecule has 3 nitrogen and oxygen atoms in total. The lowest BCUT2D eigenvalue weighted by atomic mass is 10.5. The van der Waals surface area contributed by atoms with Gasteiger partial charge in [0.15, 0.2) is 5.37 Å². The van der Waals surface area contributed by atoms with E-state index in [4.69, 9.17) is 5.73 Å². The molecular formula is C5H8N2OS2. The summed E-state index contributed by atoms with van der Waals surface area (Å²) in [6, 6.07) is 0. The van der Waals surface area contributed by atoms with Crippen molar-refractivity contribution in [3.05, 3.63) is 11.6 Å². The highest BCUT2D eigenvalue weighted by molar-refractivity contribution is 8.02. The normalized spacial score (nSPS) is 19.5. The Balaban J connectivity index is 2.48. The highest BCUT2D eigenvalue weighted by Crippen LogP contribution is 2.18. The van der Waals surface area contributed by atoms with Crippen molar-refractivity contribution in [3.8, 4) is 0 Å². The van der Waals surface area contributed by atoms with Gasteiger partial charge in [-0.25, -0.2) is 0 Å². The number of hydrogen-bond acceptors (Lipinski definition) is 4. The summed E-state index contributed by atoms with van der Waals surface area (Å²) >= 11 is 5.62. The first-order valence-electron chi connectivity index (χ1n) is 2.73. The molecule has 0 aromatic carbocycles. The van der Waals surface area contributed by atoms with Gasteiger partial charge >= 0.3 is 0 Å². The van der Waals surface area contributed by atoms with Crippen LogP contribution in [-0.4, -0.2) is 22.1 Å². The summed E-state index contributed by atoms with van der Waals surface area (Å²) in [6.07, 6.45) is 1.81. The van der Waals surface area contributed by atoms with E-state index >= 15 is 0 Å². The molecule has 1 aliphatic heterocycles. The van der Waals surface area contributed by atoms with Gasteiger partial charge in [-0.2, -0.15) is 0 Å². The summed E-state index contributed by atoms with van der Waals surface area (Å²) in [6.45, 7) is 0. The standard InChI is InChI=1S/C5H8N2OS2/c6-4(8)5(9)7-1-2-10-3-7/h1-2,5,9H,3H2,(H2,6,8). The van der Waals surface area contributed by atoms with Crippen molar-refractivity contribution in [2.24, 2.45) is 5.73 Å². The van der Waals surface area contributed by atoms with Gasteiger partial charge in [0.05, 0.1) is 5.88 Å². The topological polar surface area (TPSA) is 46.3 Å². The molecule has 0 saturated carbocycles. The van der Waals surface area contributed by atoms with Crippen LogP contribution in [0, 0.1) is 0 Å². The van der Waals surface area contributed by atoms with Gasteiger partial charge in [0.2, 0.25) is 5.91 Å². The zero-order chi connectivity index (χ0) is 7.56. The number of carbonyl (C=O) groups excluding carboxylic acids is 1. The maximum atomic E-state index is 10.5. The Kier molecular flexibility index (Phi) is 2.50. The number of carbonyl (C=O) groups is 1. The van der Waals surface area contributed by atoms with Crippen LogP contribution in [0.25, 0.3) is 0 Å². The Morgan fingerprint density at radius 2 is 2.60 bits per heavy atom. The van der Waals surface area contributed by atoms with E-state index in [2.05, 4.69) is 12.6 Å². The van der Waals surface area contributed by atoms with Crippen LogP contribution in [-0.2, 0) is 4.79 Å². The second-order valence-corrected chi connectivity index (χ2v) is 3.22. The van der Waals surface area contributed by atoms with Crippen molar-refractivity contribution in [1.82, 2.24) is 4.90 Å². The second kappa shape index (κ2) is 3.21. The van der Waals surface area contributed by atoms with E-state index in [1.54, 1.807) is 16.7 Å². The van der Waals surface area contributed by atoms with Crippen LogP contribution < -0.4 is 5.73 Å². The van der Waals surface area contributed by atoms with E-state index in [0.717, 1.165) is 5.88 Å². The fourth-order valence-corrected chi connectivity index (χ4v) is 1.61. The lowest BCUT2D eigenvalue weighted by Crippen LogP contribution is -2.36. The van der Waals surface area contributed by atoms with Gasteiger partial charge in [0.25, 0.3) is 0 Å². The number of hydrogen-bond donors (Lipinski definition) is 2. The number of nitrogens with zero attached hydrogens (tertiary/aromatic N) is 1. The zero-order valence-corrected chi connectivity index (χ0v) is 6.94. The third-order valence-electron chi connectivity index (χ3n) is 1.14. The van der Waals surface area contributed by atoms with Crippen LogP contribution in [0.3, 0.4) is 0 Å². The maximum absolute atomic E-state index is 10.5. The van der Waals surface area contributed by atoms with Gasteiger partial charge in [0.1, 0.15) is 0 Å². The minimum Gasteiger partial charge on any atom is -0.367 e. The molecule has 1 rings (SSSR count). The predicted octanol–water partition coefficient (Wildman–Crippen LogP) is 0.205. The van der Waals surface area contributed by atoms with Gasteiger partial charge in [-0.1, -0.05) is 0 Å². The molecule has 0 aromatic heterocycles. The lowest BCUT2D eigenvalue weighted by molar-refractivity contribution is -0.119. The van der Waals surface area contributed by atoms with E-state index < -0.39 is 11.3 Å². The van der Waals surface area contributed by atoms with Crippen LogP contribution in [0.4, 0.5) is 0 Å². The Hall–Kier alpha value is -0.290. The largest absolute Gasteiger partial charge is 0.367 e. The van der Waals surface area contributed by atoms with Crippen molar-refractivity contribution in [2.45, 2.75) is 5.37 Å². The summed E-state index contributed by atoms with van der Waals surface area (Å²) in [4.78, 5) is 12.3. The van der Waals surface area contributed by atoms with Gasteiger partial charge in [0, 0.05) is 6.20 Å². The molecule has 10 heavy (non-hydrogen) atoms. The van der Waals surface area contributed by atoms with E-state index in [9.17, 15) is 4.79 Å². The highest BCUT2D eigenvalue weighted by atomic mass is 32.2. The number of thioether (sulfide) groups is 1. The second-order valence-electron chi connectivity index (χ2n) is 1.87. The number of nitrogens with two attached hydrogens (primary N) is 1. The molecule has 1 atom stereocenters. The molecule has 0 bridgehead atoms. The molecule has 0 fully saturated rings. The molecule has 5 heteroatoms. The van der Waals surface area contributed by atoms with Crippen molar-refractivity contribution < 1.29 is 4.79 Å². The monoisotopic (exact) mass is 176 g/mol. The SMILES string of the molecule is NC(=O)C(S)N1C=CSC1. The number of rotatable bonds is 2. The summed E-state index contributed by atoms with van der Waals surface area (Å²) in [5.41, 5.74) is 5.02. The molecule has 0 spiro atoms. The van der Waals surface area contributed by atoms with Crippen molar-refractivity contribution >= 4 is 30.3 Å². The van der Waals surface area contributed by atoms with Crippen molar-refractivity contribution in [1.29, 1.82) is 0 Å². The zero-order valence-electron chi connectivity index (χ0n) is 5.23. The van der Waals surface area contributed by atoms with Crippen molar-refractivity contribution in [3.63, 3.8) is 0 Å². The third-order valence-corrected chi connectivity index (χ3v) is 2.45. The van der Waals surface area contributed by atoms with Gasteiger partial charge in [-0.15, -0.1) is 24.4 Å². The van der Waals surface area contributed by atoms with E-state index in [0.29, 0.717) is 0 Å². The van der Waals surface area contributed by atoms with E-state index in [-0.39, 0.29) is 0 Å². The summed E-state index contributed by atoms with van der Waals surface area (Å²) < 4.78 is 0. The molecule has 0 aliphatic carbocycles. The molecule has 0 saturated heterocycles. The van der Waals surface area contributed by atoms with E-state index in [1.165, 1.54) is 0 Å². The highest BCUT2D eigenvalue weighted by Gasteiger charge is 2.18. The van der Waals surface area contributed by atoms with Gasteiger partial charge in [-0.3, -0.25) is 4.79 Å². The van der Waals surface area contributed by atoms with Crippen LogP contribution in [0.5, 0.6) is 0 Å². The molecule has 56 valence electrons. The Labute approximate surface area is 69.0 Å². The maximum Gasteiger partial charge on any atom is 0.250 e. The number of amides is 1. The Morgan fingerprint density at radius 1 is 1.90 bits per heavy atom. The summed E-state index contributed by atoms with van der Waals surface area (Å²) in [5, 5.41) is 1.43. The average molecular weight is 176 g/mol. The Morgan fingerprint density at radius 3 is 3.00 bits per heavy atom. The van der Waals surface area contributed by atoms with Crippen molar-refractivity contribution in [2.75, 3.05) is 5.88 Å². The van der Waals surface area contributed by atoms with Crippen LogP contribution in [0.2, 0.25) is 0 Å². The minimum absolute atomic E-state index is 0.407. The molecule has 1 unspecified atom stereocenters.